The first kappa shape index (κ1) is 10.2. The second kappa shape index (κ2) is 3.66. The lowest BCUT2D eigenvalue weighted by Crippen LogP contribution is -2.04. The zero-order valence-electron chi connectivity index (χ0n) is 8.62. The van der Waals surface area contributed by atoms with Crippen molar-refractivity contribution in [2.45, 2.75) is 20.3 Å². The number of rotatable bonds is 2. The highest BCUT2D eigenvalue weighted by atomic mass is 35.5. The van der Waals surface area contributed by atoms with E-state index in [9.17, 15) is 4.79 Å². The highest BCUT2D eigenvalue weighted by molar-refractivity contribution is 6.32. The molecule has 0 saturated heterocycles. The fourth-order valence-corrected chi connectivity index (χ4v) is 2.01. The lowest BCUT2D eigenvalue weighted by molar-refractivity contribution is -0.116. The number of halogens is 1. The van der Waals surface area contributed by atoms with Gasteiger partial charge in [-0.15, -0.1) is 0 Å². The Hall–Kier alpha value is -1.35. The summed E-state index contributed by atoms with van der Waals surface area (Å²) in [5.41, 5.74) is 1.78. The van der Waals surface area contributed by atoms with Crippen LogP contribution >= 0.6 is 11.6 Å². The van der Waals surface area contributed by atoms with Crippen LogP contribution in [0.4, 0.5) is 0 Å². The summed E-state index contributed by atoms with van der Waals surface area (Å²) in [7, 11) is 0. The molecule has 3 nitrogen and oxygen atoms in total. The minimum absolute atomic E-state index is 0.131. The van der Waals surface area contributed by atoms with E-state index in [-0.39, 0.29) is 5.78 Å². The monoisotopic (exact) mass is 222 g/mol. The number of carbonyl (C=O) groups excluding carboxylic acids is 1. The van der Waals surface area contributed by atoms with E-state index in [1.165, 1.54) is 0 Å². The van der Waals surface area contributed by atoms with Gasteiger partial charge < -0.3 is 0 Å². The maximum Gasteiger partial charge on any atom is 0.155 e. The Bertz CT molecular complexity index is 531. The zero-order valence-corrected chi connectivity index (χ0v) is 9.38. The Morgan fingerprint density at radius 3 is 2.93 bits per heavy atom. The molecule has 0 fully saturated rings. The summed E-state index contributed by atoms with van der Waals surface area (Å²) in [4.78, 5) is 15.3. The van der Waals surface area contributed by atoms with E-state index in [1.807, 2.05) is 29.5 Å². The van der Waals surface area contributed by atoms with E-state index in [4.69, 9.17) is 11.6 Å². The molecule has 2 heterocycles. The maximum absolute atomic E-state index is 11.1. The molecule has 0 aromatic carbocycles. The highest BCUT2D eigenvalue weighted by Gasteiger charge is 2.09. The molecule has 0 saturated carbocycles. The molecule has 0 aliphatic rings. The second-order valence-electron chi connectivity index (χ2n) is 3.57. The van der Waals surface area contributed by atoms with E-state index in [2.05, 4.69) is 4.98 Å². The molecule has 2 rings (SSSR count). The topological polar surface area (TPSA) is 34.4 Å². The van der Waals surface area contributed by atoms with Gasteiger partial charge in [-0.3, -0.25) is 9.20 Å². The summed E-state index contributed by atoms with van der Waals surface area (Å²) in [6, 6.07) is 5.70. The Morgan fingerprint density at radius 1 is 1.53 bits per heavy atom. The van der Waals surface area contributed by atoms with Crippen LogP contribution in [0.15, 0.2) is 18.2 Å². The summed E-state index contributed by atoms with van der Waals surface area (Å²) in [6.45, 7) is 3.45. The van der Waals surface area contributed by atoms with Gasteiger partial charge in [0.25, 0.3) is 0 Å². The molecule has 2 aromatic rings. The molecular weight excluding hydrogens is 212 g/mol. The Balaban J connectivity index is 2.69. The molecule has 2 aromatic heterocycles. The third kappa shape index (κ3) is 1.75. The Morgan fingerprint density at radius 2 is 2.27 bits per heavy atom. The third-order valence-corrected chi connectivity index (χ3v) is 2.57. The van der Waals surface area contributed by atoms with Crippen molar-refractivity contribution in [3.8, 4) is 0 Å². The number of aromatic nitrogens is 2. The average molecular weight is 223 g/mol. The molecule has 0 unspecified atom stereocenters. The summed E-state index contributed by atoms with van der Waals surface area (Å²) in [5.74, 6) is 0.943. The molecular formula is C11H11ClN2O. The van der Waals surface area contributed by atoms with Crippen LogP contribution in [0.3, 0.4) is 0 Å². The number of pyridine rings is 1. The van der Waals surface area contributed by atoms with Gasteiger partial charge in [0.05, 0.1) is 5.52 Å². The number of imidazole rings is 1. The standard InChI is InChI=1S/C11H11ClN2O/c1-7(15)6-9-4-3-5-10-11(12)13-8(2)14(9)10/h3-5H,6H2,1-2H3. The van der Waals surface area contributed by atoms with Gasteiger partial charge in [0.2, 0.25) is 0 Å². The maximum atomic E-state index is 11.1. The number of aryl methyl sites for hydroxylation is 1. The van der Waals surface area contributed by atoms with Gasteiger partial charge >= 0.3 is 0 Å². The van der Waals surface area contributed by atoms with Crippen molar-refractivity contribution in [3.05, 3.63) is 34.9 Å². The van der Waals surface area contributed by atoms with Crippen LogP contribution < -0.4 is 0 Å². The van der Waals surface area contributed by atoms with Gasteiger partial charge in [0.1, 0.15) is 11.6 Å². The minimum atomic E-state index is 0.131. The molecule has 4 heteroatoms. The summed E-state index contributed by atoms with van der Waals surface area (Å²) in [5, 5.41) is 0.484. The van der Waals surface area contributed by atoms with Crippen LogP contribution in [-0.4, -0.2) is 15.2 Å². The SMILES string of the molecule is CC(=O)Cc1cccc2c(Cl)nc(C)n12. The summed E-state index contributed by atoms with van der Waals surface area (Å²) >= 11 is 5.97. The number of hydrogen-bond donors (Lipinski definition) is 0. The quantitative estimate of drug-likeness (QED) is 0.782. The first-order valence-corrected chi connectivity index (χ1v) is 5.09. The lowest BCUT2D eigenvalue weighted by atomic mass is 10.2. The normalized spacial score (nSPS) is 10.9. The molecule has 0 amide bonds. The van der Waals surface area contributed by atoms with Gasteiger partial charge in [-0.25, -0.2) is 4.98 Å². The van der Waals surface area contributed by atoms with E-state index in [1.54, 1.807) is 6.92 Å². The Kier molecular flexibility index (Phi) is 2.49. The van der Waals surface area contributed by atoms with Gasteiger partial charge in [0, 0.05) is 12.1 Å². The van der Waals surface area contributed by atoms with Crippen molar-refractivity contribution in [2.75, 3.05) is 0 Å². The van der Waals surface area contributed by atoms with Crippen molar-refractivity contribution in [1.82, 2.24) is 9.38 Å². The number of fused-ring (bicyclic) bond motifs is 1. The molecule has 78 valence electrons. The van der Waals surface area contributed by atoms with Crippen LogP contribution in [0.5, 0.6) is 0 Å². The van der Waals surface area contributed by atoms with Crippen molar-refractivity contribution in [3.63, 3.8) is 0 Å². The molecule has 0 bridgehead atoms. The molecule has 0 aliphatic carbocycles. The van der Waals surface area contributed by atoms with Crippen molar-refractivity contribution >= 4 is 22.9 Å². The third-order valence-electron chi connectivity index (χ3n) is 2.30. The van der Waals surface area contributed by atoms with Gasteiger partial charge in [-0.2, -0.15) is 0 Å². The smallest absolute Gasteiger partial charge is 0.155 e. The number of hydrogen-bond acceptors (Lipinski definition) is 2. The van der Waals surface area contributed by atoms with E-state index >= 15 is 0 Å². The second-order valence-corrected chi connectivity index (χ2v) is 3.92. The first-order valence-electron chi connectivity index (χ1n) is 4.71. The van der Waals surface area contributed by atoms with Gasteiger partial charge in [-0.1, -0.05) is 17.7 Å². The molecule has 0 aliphatic heterocycles. The number of nitrogens with zero attached hydrogens (tertiary/aromatic N) is 2. The Labute approximate surface area is 92.7 Å². The number of ketones is 1. The minimum Gasteiger partial charge on any atom is -0.300 e. The van der Waals surface area contributed by atoms with Crippen molar-refractivity contribution < 1.29 is 4.79 Å². The first-order chi connectivity index (χ1) is 7.09. The number of Topliss-reactive ketones (excluding diaryl/α,β-unsaturated/α-hetero) is 1. The lowest BCUT2D eigenvalue weighted by Gasteiger charge is -2.04. The number of carbonyl (C=O) groups is 1. The van der Waals surface area contributed by atoms with Crippen LogP contribution in [0, 0.1) is 6.92 Å². The van der Waals surface area contributed by atoms with Gasteiger partial charge in [-0.05, 0) is 26.0 Å². The zero-order chi connectivity index (χ0) is 11.0. The molecule has 0 N–H and O–H groups in total. The fraction of sp³-hybridized carbons (Fsp3) is 0.273. The van der Waals surface area contributed by atoms with Crippen molar-refractivity contribution in [1.29, 1.82) is 0 Å². The molecule has 0 spiro atoms. The van der Waals surface area contributed by atoms with Crippen molar-refractivity contribution in [2.24, 2.45) is 0 Å². The highest BCUT2D eigenvalue weighted by Crippen LogP contribution is 2.20. The average Bonchev–Trinajstić information content (AvgIpc) is 2.43. The summed E-state index contributed by atoms with van der Waals surface area (Å²) < 4.78 is 1.92. The van der Waals surface area contributed by atoms with Gasteiger partial charge in [0.15, 0.2) is 5.15 Å². The van der Waals surface area contributed by atoms with Crippen LogP contribution in [-0.2, 0) is 11.2 Å². The predicted octanol–water partition coefficient (Wildman–Crippen LogP) is 2.43. The van der Waals surface area contributed by atoms with Crippen LogP contribution in [0.2, 0.25) is 5.15 Å². The van der Waals surface area contributed by atoms with Crippen LogP contribution in [0.25, 0.3) is 5.52 Å². The molecule has 0 radical (unpaired) electrons. The fourth-order valence-electron chi connectivity index (χ4n) is 1.74. The molecule has 0 atom stereocenters. The predicted molar refractivity (Wildman–Crippen MR) is 59.3 cm³/mol. The van der Waals surface area contributed by atoms with E-state index in [0.29, 0.717) is 11.6 Å². The largest absolute Gasteiger partial charge is 0.300 e. The van der Waals surface area contributed by atoms with E-state index in [0.717, 1.165) is 17.0 Å². The van der Waals surface area contributed by atoms with E-state index < -0.39 is 0 Å². The summed E-state index contributed by atoms with van der Waals surface area (Å²) in [6.07, 6.45) is 0.408. The molecule has 15 heavy (non-hydrogen) atoms. The van der Waals surface area contributed by atoms with Crippen LogP contribution in [0.1, 0.15) is 18.4 Å².